The van der Waals surface area contributed by atoms with Crippen molar-refractivity contribution >= 4 is 35.6 Å². The van der Waals surface area contributed by atoms with Crippen molar-refractivity contribution in [1.29, 1.82) is 0 Å². The number of phenolic OH excluding ortho intramolecular Hbond substituents is 11. The van der Waals surface area contributed by atoms with Gasteiger partial charge in [-0.25, -0.2) is 9.59 Å². The van der Waals surface area contributed by atoms with Crippen molar-refractivity contribution in [1.82, 2.24) is 40.9 Å². The number of aromatic carboxylic acids is 1. The van der Waals surface area contributed by atoms with E-state index in [1.807, 2.05) is 20.8 Å². The van der Waals surface area contributed by atoms with Crippen molar-refractivity contribution in [3.05, 3.63) is 141 Å². The van der Waals surface area contributed by atoms with Crippen molar-refractivity contribution in [2.75, 3.05) is 112 Å². The van der Waals surface area contributed by atoms with Crippen LogP contribution < -0.4 is 21.3 Å². The van der Waals surface area contributed by atoms with Crippen LogP contribution in [-0.2, 0) is 24.0 Å². The summed E-state index contributed by atoms with van der Waals surface area (Å²) in [7, 11) is 1.25. The highest BCUT2D eigenvalue weighted by molar-refractivity contribution is 6.00. The third-order valence-corrected chi connectivity index (χ3v) is 15.7. The van der Waals surface area contributed by atoms with Crippen molar-refractivity contribution in [2.45, 2.75) is 86.0 Å². The number of aromatic hydroxyl groups is 12. The van der Waals surface area contributed by atoms with Gasteiger partial charge in [0.25, 0.3) is 23.6 Å². The first kappa shape index (κ1) is 82.0. The van der Waals surface area contributed by atoms with Crippen molar-refractivity contribution in [3.63, 3.8) is 0 Å². The standard InChI is InChI=1S/2C14H20N2O3.2C11H14N2O3.C11H14O4.C7H6O4.C4H10/c2*1-2-3-10-8-11(17)9-12(18)13(10)14(19)16-6-4-15-5-7-16;2*14-8-1-2-9(10(15)7-8)11(16)13-5-3-12-4-6-13;1-3-4-7-5-8(12)6-9(13)10(7)11(14)15-2;8-4-1-2-5(7(10)11)6(9)3-4;1-3-4-2/h2*8-9,15,17-18H,2-7H2,1H3;2*1-2,7,12,14-15H,3-6H2;5-6,12-13H,3-4H2,1-2H3;1-3,8-9H,(H,10,11);3-4H2,1-2H3. The lowest BCUT2D eigenvalue weighted by Crippen LogP contribution is -2.46. The summed E-state index contributed by atoms with van der Waals surface area (Å²) >= 11 is 0. The van der Waals surface area contributed by atoms with Gasteiger partial charge in [0.15, 0.2) is 0 Å². The summed E-state index contributed by atoms with van der Waals surface area (Å²) < 4.78 is 4.56. The van der Waals surface area contributed by atoms with Crippen LogP contribution in [0.1, 0.15) is 146 Å². The van der Waals surface area contributed by atoms with Crippen LogP contribution in [0.25, 0.3) is 0 Å². The monoisotopic (exact) mass is 1390 g/mol. The van der Waals surface area contributed by atoms with E-state index in [4.69, 9.17) is 25.5 Å². The molecule has 0 radical (unpaired) electrons. The number of methoxy groups -OCH3 is 1. The summed E-state index contributed by atoms with van der Waals surface area (Å²) in [6, 6.07) is 19.5. The first-order valence-corrected chi connectivity index (χ1v) is 33.3. The van der Waals surface area contributed by atoms with Crippen LogP contribution in [0.2, 0.25) is 0 Å². The molecule has 0 aliphatic carbocycles. The molecule has 17 N–H and O–H groups in total. The zero-order valence-electron chi connectivity index (χ0n) is 57.6. The molecule has 0 atom stereocenters. The van der Waals surface area contributed by atoms with E-state index in [9.17, 15) is 69.6 Å². The SMILES string of the molecule is CCCC.CCCc1cc(O)cc(O)c1C(=O)N1CCNCC1.CCCc1cc(O)cc(O)c1C(=O)N1CCNCC1.CCCc1cc(O)cc(O)c1C(=O)OC.O=C(O)c1ccc(O)cc1O.O=C(c1ccc(O)cc1O)N1CCNCC1.O=C(c1ccc(O)cc1O)N1CCNCC1. The van der Waals surface area contributed by atoms with Crippen LogP contribution in [-0.4, -0.2) is 233 Å². The van der Waals surface area contributed by atoms with Gasteiger partial charge in [-0.05, 0) is 90.6 Å². The van der Waals surface area contributed by atoms with E-state index < -0.39 is 17.7 Å². The highest BCUT2D eigenvalue weighted by Crippen LogP contribution is 2.33. The van der Waals surface area contributed by atoms with Crippen LogP contribution in [0.5, 0.6) is 69.0 Å². The number of phenols is 12. The Kier molecular flexibility index (Phi) is 34.8. The molecule has 4 aliphatic heterocycles. The predicted molar refractivity (Wildman–Crippen MR) is 375 cm³/mol. The van der Waals surface area contributed by atoms with Gasteiger partial charge < -0.3 is 112 Å². The molecule has 4 heterocycles. The van der Waals surface area contributed by atoms with E-state index in [0.717, 1.165) is 89.8 Å². The summed E-state index contributed by atoms with van der Waals surface area (Å²) in [6.07, 6.45) is 7.08. The smallest absolute Gasteiger partial charge is 0.341 e. The molecule has 4 saturated heterocycles. The molecule has 6 aromatic rings. The minimum absolute atomic E-state index is 0.00203. The van der Waals surface area contributed by atoms with Gasteiger partial charge in [-0.3, -0.25) is 19.2 Å². The van der Waals surface area contributed by atoms with Crippen LogP contribution in [0.15, 0.2) is 91.0 Å². The van der Waals surface area contributed by atoms with E-state index in [2.05, 4.69) is 39.9 Å². The third kappa shape index (κ3) is 25.5. The molecule has 0 bridgehead atoms. The summed E-state index contributed by atoms with van der Waals surface area (Å²) in [4.78, 5) is 77.5. The number of nitrogens with one attached hydrogen (secondary N) is 4. The maximum absolute atomic E-state index is 12.5. The van der Waals surface area contributed by atoms with Crippen molar-refractivity contribution in [2.24, 2.45) is 0 Å². The molecule has 100 heavy (non-hydrogen) atoms. The Hall–Kier alpha value is -10.4. The predicted octanol–water partition coefficient (Wildman–Crippen LogP) is 6.92. The fraction of sp³-hybridized carbons (Fsp3) is 0.417. The molecule has 4 amide bonds. The maximum Gasteiger partial charge on any atom is 0.341 e. The van der Waals surface area contributed by atoms with Gasteiger partial charge >= 0.3 is 11.9 Å². The molecule has 0 spiro atoms. The second-order valence-corrected chi connectivity index (χ2v) is 23.3. The molecule has 0 saturated carbocycles. The Morgan fingerprint density at radius 3 is 0.830 bits per heavy atom. The van der Waals surface area contributed by atoms with Crippen molar-refractivity contribution < 1.29 is 99.9 Å². The van der Waals surface area contributed by atoms with Crippen LogP contribution in [0.3, 0.4) is 0 Å². The van der Waals surface area contributed by atoms with Crippen LogP contribution in [0, 0.1) is 0 Å². The number of unbranched alkanes of at least 4 members (excludes halogenated alkanes) is 1. The lowest BCUT2D eigenvalue weighted by Gasteiger charge is -2.28. The first-order valence-electron chi connectivity index (χ1n) is 33.3. The molecule has 546 valence electrons. The summed E-state index contributed by atoms with van der Waals surface area (Å²) in [6.45, 7) is 21.6. The second-order valence-electron chi connectivity index (χ2n) is 23.3. The number of carboxylic acid groups (broad SMARTS) is 1. The highest BCUT2D eigenvalue weighted by Gasteiger charge is 2.27. The Morgan fingerprint density at radius 1 is 0.330 bits per heavy atom. The number of hydrogen-bond acceptors (Lipinski definition) is 23. The van der Waals surface area contributed by atoms with Gasteiger partial charge in [0.1, 0.15) is 80.1 Å². The summed E-state index contributed by atoms with van der Waals surface area (Å²) in [5.41, 5.74) is 3.08. The van der Waals surface area contributed by atoms with E-state index in [-0.39, 0.29) is 109 Å². The zero-order valence-corrected chi connectivity index (χ0v) is 57.6. The summed E-state index contributed by atoms with van der Waals surface area (Å²) in [5.74, 6) is -4.11. The van der Waals surface area contributed by atoms with Crippen LogP contribution >= 0.6 is 0 Å². The molecule has 0 aromatic heterocycles. The number of carboxylic acids is 1. The van der Waals surface area contributed by atoms with Crippen molar-refractivity contribution in [3.8, 4) is 69.0 Å². The Morgan fingerprint density at radius 2 is 0.580 bits per heavy atom. The second kappa shape index (κ2) is 42.4. The Bertz CT molecular complexity index is 3470. The minimum atomic E-state index is -1.22. The molecular weight excluding hydrogens is 1300 g/mol. The largest absolute Gasteiger partial charge is 0.508 e. The zero-order chi connectivity index (χ0) is 74.0. The van der Waals surface area contributed by atoms with Gasteiger partial charge in [0.05, 0.1) is 29.4 Å². The number of hydrogen-bond donors (Lipinski definition) is 17. The lowest BCUT2D eigenvalue weighted by molar-refractivity contribution is 0.0593. The highest BCUT2D eigenvalue weighted by atomic mass is 16.5. The molecular formula is C72H98N8O20. The quantitative estimate of drug-likeness (QED) is 0.0522. The average molecular weight is 1400 g/mol. The number of nitrogens with zero attached hydrogens (tertiary/aromatic N) is 4. The number of rotatable bonds is 13. The summed E-state index contributed by atoms with van der Waals surface area (Å²) in [5, 5.41) is 134. The number of esters is 1. The number of aryl methyl sites for hydroxylation is 3. The van der Waals surface area contributed by atoms with Gasteiger partial charge in [0.2, 0.25) is 0 Å². The Balaban J connectivity index is 0.000000253. The van der Waals surface area contributed by atoms with E-state index in [0.29, 0.717) is 99.4 Å². The number of carbonyl (C=O) groups is 6. The topological polar surface area (TPSA) is 436 Å². The molecule has 6 aromatic carbocycles. The molecule has 0 unspecified atom stereocenters. The average Bonchev–Trinajstić information content (AvgIpc) is 0.818. The number of ether oxygens (including phenoxy) is 1. The van der Waals surface area contributed by atoms with Gasteiger partial charge in [-0.15, -0.1) is 0 Å². The first-order chi connectivity index (χ1) is 47.7. The normalized spacial score (nSPS) is 13.9. The van der Waals surface area contributed by atoms with Gasteiger partial charge in [0, 0.05) is 141 Å². The maximum atomic E-state index is 12.5. The fourth-order valence-corrected chi connectivity index (χ4v) is 10.5. The molecule has 28 nitrogen and oxygen atoms in total. The lowest BCUT2D eigenvalue weighted by atomic mass is 10.00. The fourth-order valence-electron chi connectivity index (χ4n) is 10.5. The van der Waals surface area contributed by atoms with E-state index in [1.165, 1.54) is 80.6 Å². The van der Waals surface area contributed by atoms with Crippen LogP contribution in [0.4, 0.5) is 0 Å². The van der Waals surface area contributed by atoms with E-state index >= 15 is 0 Å². The molecule has 4 aliphatic rings. The molecule has 28 heteroatoms. The minimum Gasteiger partial charge on any atom is -0.508 e. The molecule has 4 fully saturated rings. The number of benzene rings is 6. The number of amides is 4. The number of piperazine rings is 4. The van der Waals surface area contributed by atoms with Gasteiger partial charge in [-0.1, -0.05) is 66.7 Å². The van der Waals surface area contributed by atoms with Gasteiger partial charge in [-0.2, -0.15) is 0 Å². The third-order valence-electron chi connectivity index (χ3n) is 15.7. The number of carbonyl (C=O) groups excluding carboxylic acids is 5. The Labute approximate surface area is 582 Å². The van der Waals surface area contributed by atoms with E-state index in [1.54, 1.807) is 31.7 Å². The molecule has 10 rings (SSSR count).